The van der Waals surface area contributed by atoms with Crippen LogP contribution in [-0.2, 0) is 11.3 Å². The number of benzene rings is 1. The molecule has 1 aliphatic heterocycles. The minimum absolute atomic E-state index is 0.560. The lowest BCUT2D eigenvalue weighted by Crippen LogP contribution is -2.06. The highest BCUT2D eigenvalue weighted by molar-refractivity contribution is 5.36. The highest BCUT2D eigenvalue weighted by atomic mass is 16.5. The molecule has 1 fully saturated rings. The Hall–Kier alpha value is -0.820. The molecule has 1 aliphatic carbocycles. The molecule has 2 aliphatic rings. The SMILES string of the molecule is c1ccc2c(c1)COC1CC21. The summed E-state index contributed by atoms with van der Waals surface area (Å²) in [6, 6.07) is 8.62. The molecule has 0 amide bonds. The van der Waals surface area contributed by atoms with Gasteiger partial charge in [0.2, 0.25) is 0 Å². The van der Waals surface area contributed by atoms with E-state index in [9.17, 15) is 0 Å². The van der Waals surface area contributed by atoms with Crippen LogP contribution in [0.4, 0.5) is 0 Å². The van der Waals surface area contributed by atoms with Gasteiger partial charge in [-0.25, -0.2) is 0 Å². The molecule has 0 spiro atoms. The first-order chi connectivity index (χ1) is 5.45. The summed E-state index contributed by atoms with van der Waals surface area (Å²) in [4.78, 5) is 0. The van der Waals surface area contributed by atoms with Gasteiger partial charge >= 0.3 is 0 Å². The Morgan fingerprint density at radius 3 is 3.18 bits per heavy atom. The Bertz CT molecular complexity index is 293. The molecule has 11 heavy (non-hydrogen) atoms. The highest BCUT2D eigenvalue weighted by Gasteiger charge is 2.43. The number of rotatable bonds is 0. The van der Waals surface area contributed by atoms with Crippen molar-refractivity contribution >= 4 is 0 Å². The lowest BCUT2D eigenvalue weighted by molar-refractivity contribution is 0.0924. The van der Waals surface area contributed by atoms with Crippen LogP contribution in [0.1, 0.15) is 23.5 Å². The second-order valence-corrected chi connectivity index (χ2v) is 3.39. The zero-order valence-corrected chi connectivity index (χ0v) is 6.29. The van der Waals surface area contributed by atoms with Gasteiger partial charge < -0.3 is 4.74 Å². The third kappa shape index (κ3) is 0.746. The average Bonchev–Trinajstić information content (AvgIpc) is 2.83. The molecular formula is C10H10O. The monoisotopic (exact) mass is 146 g/mol. The smallest absolute Gasteiger partial charge is 0.0723 e. The number of hydrogen-bond acceptors (Lipinski definition) is 1. The third-order valence-corrected chi connectivity index (χ3v) is 2.64. The number of hydrogen-bond donors (Lipinski definition) is 0. The lowest BCUT2D eigenvalue weighted by Gasteiger charge is -2.14. The maximum absolute atomic E-state index is 5.58. The average molecular weight is 146 g/mol. The second-order valence-electron chi connectivity index (χ2n) is 3.39. The molecule has 2 atom stereocenters. The molecule has 56 valence electrons. The minimum Gasteiger partial charge on any atom is -0.373 e. The molecule has 1 aromatic carbocycles. The van der Waals surface area contributed by atoms with Gasteiger partial charge in [-0.1, -0.05) is 24.3 Å². The third-order valence-electron chi connectivity index (χ3n) is 2.64. The fourth-order valence-corrected chi connectivity index (χ4v) is 1.91. The summed E-state index contributed by atoms with van der Waals surface area (Å²) in [5.41, 5.74) is 2.93. The summed E-state index contributed by atoms with van der Waals surface area (Å²) in [6.07, 6.45) is 1.81. The molecule has 1 saturated carbocycles. The van der Waals surface area contributed by atoms with E-state index in [1.807, 2.05) is 0 Å². The maximum Gasteiger partial charge on any atom is 0.0723 e. The van der Waals surface area contributed by atoms with Gasteiger partial charge in [0.15, 0.2) is 0 Å². The quantitative estimate of drug-likeness (QED) is 0.544. The summed E-state index contributed by atoms with van der Waals surface area (Å²) in [7, 11) is 0. The van der Waals surface area contributed by atoms with E-state index in [2.05, 4.69) is 24.3 Å². The van der Waals surface area contributed by atoms with Crippen molar-refractivity contribution in [3.63, 3.8) is 0 Å². The van der Waals surface area contributed by atoms with Crippen LogP contribution in [0.3, 0.4) is 0 Å². The largest absolute Gasteiger partial charge is 0.373 e. The van der Waals surface area contributed by atoms with Crippen molar-refractivity contribution in [3.05, 3.63) is 35.4 Å². The Balaban J connectivity index is 2.14. The minimum atomic E-state index is 0.560. The van der Waals surface area contributed by atoms with E-state index in [1.54, 1.807) is 0 Å². The van der Waals surface area contributed by atoms with E-state index in [0.29, 0.717) is 6.10 Å². The van der Waals surface area contributed by atoms with Crippen LogP contribution in [0.5, 0.6) is 0 Å². The Labute approximate surface area is 66.0 Å². The predicted molar refractivity (Wildman–Crippen MR) is 42.4 cm³/mol. The standard InChI is InChI=1S/C10H10O/c1-2-4-8-7(3-1)6-11-10-5-9(8)10/h1-4,9-10H,5-6H2. The molecule has 3 rings (SSSR count). The van der Waals surface area contributed by atoms with Crippen LogP contribution >= 0.6 is 0 Å². The number of fused-ring (bicyclic) bond motifs is 3. The summed E-state index contributed by atoms with van der Waals surface area (Å²) in [5.74, 6) is 0.736. The van der Waals surface area contributed by atoms with E-state index in [0.717, 1.165) is 12.5 Å². The van der Waals surface area contributed by atoms with Crippen molar-refractivity contribution in [3.8, 4) is 0 Å². The van der Waals surface area contributed by atoms with Crippen molar-refractivity contribution in [2.75, 3.05) is 0 Å². The number of ether oxygens (including phenoxy) is 1. The Morgan fingerprint density at radius 2 is 2.18 bits per heavy atom. The summed E-state index contributed by atoms with van der Waals surface area (Å²) < 4.78 is 5.58. The van der Waals surface area contributed by atoms with Crippen molar-refractivity contribution in [1.29, 1.82) is 0 Å². The van der Waals surface area contributed by atoms with Crippen LogP contribution in [0.25, 0.3) is 0 Å². The van der Waals surface area contributed by atoms with Crippen LogP contribution in [0, 0.1) is 0 Å². The van der Waals surface area contributed by atoms with Crippen LogP contribution < -0.4 is 0 Å². The summed E-state index contributed by atoms with van der Waals surface area (Å²) >= 11 is 0. The Morgan fingerprint density at radius 1 is 1.27 bits per heavy atom. The highest BCUT2D eigenvalue weighted by Crippen LogP contribution is 2.48. The molecule has 0 N–H and O–H groups in total. The fourth-order valence-electron chi connectivity index (χ4n) is 1.91. The van der Waals surface area contributed by atoms with Crippen LogP contribution in [-0.4, -0.2) is 6.10 Å². The van der Waals surface area contributed by atoms with Crippen molar-refractivity contribution in [2.24, 2.45) is 0 Å². The van der Waals surface area contributed by atoms with E-state index in [1.165, 1.54) is 17.5 Å². The lowest BCUT2D eigenvalue weighted by atomic mass is 10.0. The zero-order chi connectivity index (χ0) is 7.26. The normalized spacial score (nSPS) is 32.4. The summed E-state index contributed by atoms with van der Waals surface area (Å²) in [5, 5.41) is 0. The first kappa shape index (κ1) is 5.78. The van der Waals surface area contributed by atoms with Gasteiger partial charge in [-0.2, -0.15) is 0 Å². The van der Waals surface area contributed by atoms with Crippen molar-refractivity contribution in [1.82, 2.24) is 0 Å². The van der Waals surface area contributed by atoms with Gasteiger partial charge in [0.1, 0.15) is 0 Å². The molecule has 1 nitrogen and oxygen atoms in total. The van der Waals surface area contributed by atoms with Crippen molar-refractivity contribution < 1.29 is 4.74 Å². The fraction of sp³-hybridized carbons (Fsp3) is 0.400. The topological polar surface area (TPSA) is 9.23 Å². The van der Waals surface area contributed by atoms with Gasteiger partial charge in [0.25, 0.3) is 0 Å². The molecular weight excluding hydrogens is 136 g/mol. The van der Waals surface area contributed by atoms with Gasteiger partial charge in [-0.05, 0) is 17.5 Å². The maximum atomic E-state index is 5.58. The van der Waals surface area contributed by atoms with E-state index >= 15 is 0 Å². The summed E-state index contributed by atoms with van der Waals surface area (Å²) in [6.45, 7) is 0.831. The van der Waals surface area contributed by atoms with E-state index in [4.69, 9.17) is 4.74 Å². The van der Waals surface area contributed by atoms with Crippen LogP contribution in [0.2, 0.25) is 0 Å². The molecule has 2 unspecified atom stereocenters. The molecule has 1 heteroatoms. The van der Waals surface area contributed by atoms with E-state index in [-0.39, 0.29) is 0 Å². The Kier molecular flexibility index (Phi) is 0.977. The van der Waals surface area contributed by atoms with Gasteiger partial charge in [0.05, 0.1) is 12.7 Å². The molecule has 0 saturated heterocycles. The first-order valence-corrected chi connectivity index (χ1v) is 4.14. The zero-order valence-electron chi connectivity index (χ0n) is 6.29. The van der Waals surface area contributed by atoms with Gasteiger partial charge in [-0.3, -0.25) is 0 Å². The van der Waals surface area contributed by atoms with Gasteiger partial charge in [-0.15, -0.1) is 0 Å². The second kappa shape index (κ2) is 1.86. The molecule has 1 aromatic rings. The van der Waals surface area contributed by atoms with Crippen LogP contribution in [0.15, 0.2) is 24.3 Å². The predicted octanol–water partition coefficient (Wildman–Crippen LogP) is 2.07. The molecule has 0 radical (unpaired) electrons. The molecule has 0 aromatic heterocycles. The molecule has 0 bridgehead atoms. The molecule has 1 heterocycles. The van der Waals surface area contributed by atoms with Crippen molar-refractivity contribution in [2.45, 2.75) is 25.0 Å². The first-order valence-electron chi connectivity index (χ1n) is 4.14. The van der Waals surface area contributed by atoms with Gasteiger partial charge in [0, 0.05) is 5.92 Å². The van der Waals surface area contributed by atoms with E-state index < -0.39 is 0 Å².